The molecular formula is C15H22O. The van der Waals surface area contributed by atoms with Crippen LogP contribution in [0.3, 0.4) is 0 Å². The lowest BCUT2D eigenvalue weighted by Gasteiger charge is -2.18. The van der Waals surface area contributed by atoms with E-state index in [2.05, 4.69) is 38.1 Å². The highest BCUT2D eigenvalue weighted by atomic mass is 16.3. The summed E-state index contributed by atoms with van der Waals surface area (Å²) in [6.45, 7) is 4.29. The molecule has 0 saturated heterocycles. The SMILES string of the molecule is CCCC(C)C(O)c1ccc(C2CC2)cc1. The van der Waals surface area contributed by atoms with Crippen LogP contribution < -0.4 is 0 Å². The van der Waals surface area contributed by atoms with Gasteiger partial charge in [-0.1, -0.05) is 44.5 Å². The monoisotopic (exact) mass is 218 g/mol. The summed E-state index contributed by atoms with van der Waals surface area (Å²) in [5.41, 5.74) is 2.52. The van der Waals surface area contributed by atoms with Gasteiger partial charge in [0.2, 0.25) is 0 Å². The molecular weight excluding hydrogens is 196 g/mol. The van der Waals surface area contributed by atoms with Crippen LogP contribution >= 0.6 is 0 Å². The molecule has 1 nitrogen and oxygen atoms in total. The van der Waals surface area contributed by atoms with E-state index in [0.717, 1.165) is 24.3 Å². The van der Waals surface area contributed by atoms with Crippen molar-refractivity contribution in [2.24, 2.45) is 5.92 Å². The molecule has 88 valence electrons. The molecule has 1 heteroatoms. The van der Waals surface area contributed by atoms with Gasteiger partial charge in [0, 0.05) is 0 Å². The Labute approximate surface area is 98.5 Å². The number of aliphatic hydroxyl groups excluding tert-OH is 1. The number of rotatable bonds is 5. The zero-order chi connectivity index (χ0) is 11.5. The molecule has 2 atom stereocenters. The topological polar surface area (TPSA) is 20.2 Å². The van der Waals surface area contributed by atoms with Gasteiger partial charge in [-0.3, -0.25) is 0 Å². The molecule has 1 N–H and O–H groups in total. The molecule has 1 aromatic carbocycles. The molecule has 0 heterocycles. The van der Waals surface area contributed by atoms with E-state index in [4.69, 9.17) is 0 Å². The van der Waals surface area contributed by atoms with Gasteiger partial charge in [-0.25, -0.2) is 0 Å². The second kappa shape index (κ2) is 5.01. The van der Waals surface area contributed by atoms with Crippen LogP contribution in [0.25, 0.3) is 0 Å². The first-order valence-corrected chi connectivity index (χ1v) is 6.50. The van der Waals surface area contributed by atoms with Gasteiger partial charge in [0.15, 0.2) is 0 Å². The van der Waals surface area contributed by atoms with Gasteiger partial charge in [-0.05, 0) is 42.2 Å². The van der Waals surface area contributed by atoms with Crippen molar-refractivity contribution in [3.05, 3.63) is 35.4 Å². The predicted octanol–water partition coefficient (Wildman–Crippen LogP) is 4.03. The van der Waals surface area contributed by atoms with Crippen molar-refractivity contribution >= 4 is 0 Å². The highest BCUT2D eigenvalue weighted by molar-refractivity contribution is 5.29. The molecule has 0 aromatic heterocycles. The van der Waals surface area contributed by atoms with E-state index in [1.54, 1.807) is 0 Å². The van der Waals surface area contributed by atoms with Crippen molar-refractivity contribution in [3.63, 3.8) is 0 Å². The summed E-state index contributed by atoms with van der Waals surface area (Å²) in [6.07, 6.45) is 4.61. The Morgan fingerprint density at radius 3 is 2.38 bits per heavy atom. The highest BCUT2D eigenvalue weighted by Gasteiger charge is 2.23. The zero-order valence-corrected chi connectivity index (χ0v) is 10.3. The average Bonchev–Trinajstić information content (AvgIpc) is 3.12. The first-order valence-electron chi connectivity index (χ1n) is 6.50. The van der Waals surface area contributed by atoms with Gasteiger partial charge in [0.05, 0.1) is 6.10 Å². The summed E-state index contributed by atoms with van der Waals surface area (Å²) in [4.78, 5) is 0. The first kappa shape index (κ1) is 11.7. The molecule has 0 aliphatic heterocycles. The minimum absolute atomic E-state index is 0.298. The molecule has 1 fully saturated rings. The van der Waals surface area contributed by atoms with Gasteiger partial charge in [-0.2, -0.15) is 0 Å². The fraction of sp³-hybridized carbons (Fsp3) is 0.600. The Hall–Kier alpha value is -0.820. The molecule has 2 rings (SSSR count). The molecule has 16 heavy (non-hydrogen) atoms. The lowest BCUT2D eigenvalue weighted by Crippen LogP contribution is -2.08. The predicted molar refractivity (Wildman–Crippen MR) is 67.4 cm³/mol. The number of aliphatic hydroxyl groups is 1. The molecule has 0 spiro atoms. The number of hydrogen-bond donors (Lipinski definition) is 1. The Bertz CT molecular complexity index is 324. The van der Waals surface area contributed by atoms with Crippen LogP contribution in [-0.2, 0) is 0 Å². The van der Waals surface area contributed by atoms with Crippen LogP contribution in [0.15, 0.2) is 24.3 Å². The van der Waals surface area contributed by atoms with Crippen molar-refractivity contribution in [1.29, 1.82) is 0 Å². The van der Waals surface area contributed by atoms with Crippen LogP contribution in [0.5, 0.6) is 0 Å². The molecule has 1 aliphatic rings. The summed E-state index contributed by atoms with van der Waals surface area (Å²) in [6, 6.07) is 8.58. The lowest BCUT2D eigenvalue weighted by atomic mass is 9.93. The lowest BCUT2D eigenvalue weighted by molar-refractivity contribution is 0.112. The van der Waals surface area contributed by atoms with E-state index >= 15 is 0 Å². The molecule has 2 unspecified atom stereocenters. The highest BCUT2D eigenvalue weighted by Crippen LogP contribution is 2.40. The van der Waals surface area contributed by atoms with Crippen LogP contribution in [0.1, 0.15) is 62.7 Å². The summed E-state index contributed by atoms with van der Waals surface area (Å²) in [5, 5.41) is 10.2. The smallest absolute Gasteiger partial charge is 0.0815 e. The quantitative estimate of drug-likeness (QED) is 0.791. The Morgan fingerprint density at radius 2 is 1.88 bits per heavy atom. The minimum Gasteiger partial charge on any atom is -0.388 e. The van der Waals surface area contributed by atoms with E-state index in [0.29, 0.717) is 5.92 Å². The largest absolute Gasteiger partial charge is 0.388 e. The van der Waals surface area contributed by atoms with Gasteiger partial charge in [0.25, 0.3) is 0 Å². The summed E-state index contributed by atoms with van der Waals surface area (Å²) >= 11 is 0. The second-order valence-electron chi connectivity index (χ2n) is 5.15. The third-order valence-corrected chi connectivity index (χ3v) is 3.61. The van der Waals surface area contributed by atoms with Crippen molar-refractivity contribution in [2.45, 2.75) is 51.6 Å². The summed E-state index contributed by atoms with van der Waals surface area (Å²) in [5.74, 6) is 1.16. The normalized spacial score (nSPS) is 19.4. The van der Waals surface area contributed by atoms with Crippen molar-refractivity contribution in [3.8, 4) is 0 Å². The van der Waals surface area contributed by atoms with Crippen LogP contribution in [0.4, 0.5) is 0 Å². The van der Waals surface area contributed by atoms with Crippen molar-refractivity contribution in [2.75, 3.05) is 0 Å². The van der Waals surface area contributed by atoms with Crippen LogP contribution in [0, 0.1) is 5.92 Å². The van der Waals surface area contributed by atoms with Gasteiger partial charge in [-0.15, -0.1) is 0 Å². The Balaban J connectivity index is 2.02. The third kappa shape index (κ3) is 2.65. The fourth-order valence-corrected chi connectivity index (χ4v) is 2.32. The van der Waals surface area contributed by atoms with Gasteiger partial charge < -0.3 is 5.11 Å². The van der Waals surface area contributed by atoms with Crippen molar-refractivity contribution < 1.29 is 5.11 Å². The second-order valence-corrected chi connectivity index (χ2v) is 5.15. The van der Waals surface area contributed by atoms with Crippen LogP contribution in [0.2, 0.25) is 0 Å². The molecule has 0 amide bonds. The third-order valence-electron chi connectivity index (χ3n) is 3.61. The fourth-order valence-electron chi connectivity index (χ4n) is 2.32. The standard InChI is InChI=1S/C15H22O/c1-3-4-11(2)15(16)14-9-7-13(8-10-14)12-5-6-12/h7-12,15-16H,3-6H2,1-2H3. The van der Waals surface area contributed by atoms with E-state index in [1.807, 2.05) is 0 Å². The first-order chi connectivity index (χ1) is 7.72. The van der Waals surface area contributed by atoms with E-state index in [-0.39, 0.29) is 6.10 Å². The maximum Gasteiger partial charge on any atom is 0.0815 e. The molecule has 1 saturated carbocycles. The molecule has 0 bridgehead atoms. The number of hydrogen-bond acceptors (Lipinski definition) is 1. The Morgan fingerprint density at radius 1 is 1.25 bits per heavy atom. The van der Waals surface area contributed by atoms with E-state index < -0.39 is 0 Å². The summed E-state index contributed by atoms with van der Waals surface area (Å²) in [7, 11) is 0. The van der Waals surface area contributed by atoms with Gasteiger partial charge in [0.1, 0.15) is 0 Å². The Kier molecular flexibility index (Phi) is 3.65. The number of benzene rings is 1. The molecule has 1 aromatic rings. The van der Waals surface area contributed by atoms with E-state index in [9.17, 15) is 5.11 Å². The molecule has 1 aliphatic carbocycles. The van der Waals surface area contributed by atoms with Crippen LogP contribution in [-0.4, -0.2) is 5.11 Å². The van der Waals surface area contributed by atoms with E-state index in [1.165, 1.54) is 18.4 Å². The zero-order valence-electron chi connectivity index (χ0n) is 10.3. The van der Waals surface area contributed by atoms with Crippen molar-refractivity contribution in [1.82, 2.24) is 0 Å². The van der Waals surface area contributed by atoms with Gasteiger partial charge >= 0.3 is 0 Å². The molecule has 0 radical (unpaired) electrons. The summed E-state index contributed by atoms with van der Waals surface area (Å²) < 4.78 is 0. The minimum atomic E-state index is -0.298. The maximum absolute atomic E-state index is 10.2. The average molecular weight is 218 g/mol. The maximum atomic E-state index is 10.2.